The van der Waals surface area contributed by atoms with Crippen molar-refractivity contribution < 1.29 is 10.2 Å². The van der Waals surface area contributed by atoms with E-state index in [1.807, 2.05) is 55.5 Å². The fraction of sp³-hybridized carbons (Fsp3) is 0.400. The van der Waals surface area contributed by atoms with Crippen LogP contribution in [0.25, 0.3) is 0 Å². The molecule has 0 saturated carbocycles. The Balaban J connectivity index is 1.54. The summed E-state index contributed by atoms with van der Waals surface area (Å²) in [5.41, 5.74) is 2.03. The third-order valence-corrected chi connectivity index (χ3v) is 6.17. The summed E-state index contributed by atoms with van der Waals surface area (Å²) >= 11 is 6.32. The summed E-state index contributed by atoms with van der Waals surface area (Å²) in [6.45, 7) is 5.13. The summed E-state index contributed by atoms with van der Waals surface area (Å²) in [6.07, 6.45) is -1.38. The molecule has 0 radical (unpaired) electrons. The van der Waals surface area contributed by atoms with Crippen molar-refractivity contribution in [1.29, 1.82) is 0 Å². The van der Waals surface area contributed by atoms with Crippen molar-refractivity contribution in [3.05, 3.63) is 64.7 Å². The van der Waals surface area contributed by atoms with Gasteiger partial charge in [-0.05, 0) is 30.2 Å². The Morgan fingerprint density at radius 3 is 1.96 bits per heavy atom. The molecule has 5 heteroatoms. The van der Waals surface area contributed by atoms with Crippen molar-refractivity contribution in [2.24, 2.45) is 0 Å². The van der Waals surface area contributed by atoms with Crippen LogP contribution >= 0.6 is 11.6 Å². The van der Waals surface area contributed by atoms with Gasteiger partial charge in [-0.2, -0.15) is 0 Å². The predicted molar refractivity (Wildman–Crippen MR) is 100 cm³/mol. The van der Waals surface area contributed by atoms with Crippen LogP contribution in [0.2, 0.25) is 5.02 Å². The number of aliphatic hydroxyl groups is 2. The average Bonchev–Trinajstić information content (AvgIpc) is 2.85. The molecule has 4 nitrogen and oxygen atoms in total. The maximum absolute atomic E-state index is 10.9. The molecule has 0 amide bonds. The fourth-order valence-electron chi connectivity index (χ4n) is 4.27. The van der Waals surface area contributed by atoms with Crippen LogP contribution in [-0.2, 0) is 0 Å². The van der Waals surface area contributed by atoms with E-state index in [0.717, 1.165) is 48.0 Å². The second kappa shape index (κ2) is 6.29. The van der Waals surface area contributed by atoms with E-state index in [9.17, 15) is 10.2 Å². The number of piperazine rings is 1. The summed E-state index contributed by atoms with van der Waals surface area (Å²) in [5, 5.41) is 22.6. The summed E-state index contributed by atoms with van der Waals surface area (Å²) < 4.78 is 0. The average molecular weight is 359 g/mol. The van der Waals surface area contributed by atoms with Crippen molar-refractivity contribution in [2.45, 2.75) is 24.7 Å². The van der Waals surface area contributed by atoms with Crippen molar-refractivity contribution >= 4 is 17.3 Å². The van der Waals surface area contributed by atoms with Crippen molar-refractivity contribution in [1.82, 2.24) is 4.90 Å². The van der Waals surface area contributed by atoms with Gasteiger partial charge < -0.3 is 15.1 Å². The molecule has 2 atom stereocenters. The molecule has 2 aliphatic rings. The van der Waals surface area contributed by atoms with E-state index < -0.39 is 17.7 Å². The monoisotopic (exact) mass is 358 g/mol. The van der Waals surface area contributed by atoms with E-state index in [4.69, 9.17) is 11.6 Å². The third kappa shape index (κ3) is 2.56. The number of hydrogen-bond acceptors (Lipinski definition) is 4. The number of rotatable bonds is 2. The molecule has 1 heterocycles. The normalized spacial score (nSPS) is 29.7. The van der Waals surface area contributed by atoms with Crippen LogP contribution in [0.1, 0.15) is 30.3 Å². The Kier molecular flexibility index (Phi) is 4.24. The van der Waals surface area contributed by atoms with Crippen LogP contribution in [0.15, 0.2) is 48.5 Å². The van der Waals surface area contributed by atoms with E-state index in [1.54, 1.807) is 0 Å². The molecule has 2 unspecified atom stereocenters. The number of halogens is 1. The van der Waals surface area contributed by atoms with E-state index in [1.165, 1.54) is 0 Å². The molecule has 0 bridgehead atoms. The Morgan fingerprint density at radius 1 is 0.880 bits per heavy atom. The Bertz CT molecular complexity index is 745. The van der Waals surface area contributed by atoms with Gasteiger partial charge >= 0.3 is 0 Å². The first-order valence-electron chi connectivity index (χ1n) is 8.73. The number of nitrogens with zero attached hydrogens (tertiary/aromatic N) is 2. The molecular formula is C20H23ClN2O2. The third-order valence-electron chi connectivity index (χ3n) is 5.85. The quantitative estimate of drug-likeness (QED) is 0.866. The molecule has 2 aromatic rings. The van der Waals surface area contributed by atoms with Crippen LogP contribution in [-0.4, -0.2) is 46.8 Å². The Morgan fingerprint density at radius 2 is 1.40 bits per heavy atom. The van der Waals surface area contributed by atoms with Gasteiger partial charge in [0.1, 0.15) is 12.2 Å². The molecule has 132 valence electrons. The van der Waals surface area contributed by atoms with Crippen LogP contribution in [0.4, 0.5) is 5.69 Å². The minimum absolute atomic E-state index is 0.689. The zero-order valence-electron chi connectivity index (χ0n) is 14.3. The van der Waals surface area contributed by atoms with Crippen LogP contribution in [0, 0.1) is 0 Å². The standard InChI is InChI=1S/C20H23ClN2O2/c1-20(18(24)14-6-2-3-7-15(14)19(20)25)23-12-10-22(11-13-23)17-9-5-4-8-16(17)21/h2-9,18-19,24-25H,10-13H2,1H3. The lowest BCUT2D eigenvalue weighted by Gasteiger charge is -2.47. The Hall–Kier alpha value is -1.59. The van der Waals surface area contributed by atoms with Gasteiger partial charge in [-0.25, -0.2) is 0 Å². The molecule has 25 heavy (non-hydrogen) atoms. The Labute approximate surface area is 153 Å². The highest BCUT2D eigenvalue weighted by molar-refractivity contribution is 6.33. The molecule has 0 spiro atoms. The van der Waals surface area contributed by atoms with Crippen molar-refractivity contribution in [2.75, 3.05) is 31.1 Å². The number of aliphatic hydroxyl groups excluding tert-OH is 2. The highest BCUT2D eigenvalue weighted by Crippen LogP contribution is 2.50. The maximum Gasteiger partial charge on any atom is 0.100 e. The largest absolute Gasteiger partial charge is 0.386 e. The first-order valence-corrected chi connectivity index (χ1v) is 9.10. The fourth-order valence-corrected chi connectivity index (χ4v) is 4.53. The highest BCUT2D eigenvalue weighted by Gasteiger charge is 2.53. The zero-order valence-corrected chi connectivity index (χ0v) is 15.0. The number of hydrogen-bond donors (Lipinski definition) is 2. The molecular weight excluding hydrogens is 336 g/mol. The summed E-state index contributed by atoms with van der Waals surface area (Å²) in [7, 11) is 0. The van der Waals surface area contributed by atoms with Crippen LogP contribution < -0.4 is 4.90 Å². The summed E-state index contributed by atoms with van der Waals surface area (Å²) in [6, 6.07) is 15.5. The van der Waals surface area contributed by atoms with E-state index in [-0.39, 0.29) is 0 Å². The van der Waals surface area contributed by atoms with Crippen LogP contribution in [0.3, 0.4) is 0 Å². The first kappa shape index (κ1) is 16.9. The lowest BCUT2D eigenvalue weighted by atomic mass is 9.90. The minimum Gasteiger partial charge on any atom is -0.386 e. The number of anilines is 1. The smallest absolute Gasteiger partial charge is 0.100 e. The van der Waals surface area contributed by atoms with E-state index in [0.29, 0.717) is 0 Å². The second-order valence-electron chi connectivity index (χ2n) is 7.09. The van der Waals surface area contributed by atoms with Gasteiger partial charge in [0.25, 0.3) is 0 Å². The minimum atomic E-state index is -0.698. The topological polar surface area (TPSA) is 46.9 Å². The van der Waals surface area contributed by atoms with Gasteiger partial charge in [-0.1, -0.05) is 48.0 Å². The van der Waals surface area contributed by atoms with Gasteiger partial charge in [-0.3, -0.25) is 4.90 Å². The molecule has 1 saturated heterocycles. The first-order chi connectivity index (χ1) is 12.0. The SMILES string of the molecule is CC1(N2CCN(c3ccccc3Cl)CC2)C(O)c2ccccc2C1O. The molecule has 2 N–H and O–H groups in total. The summed E-state index contributed by atoms with van der Waals surface area (Å²) in [4.78, 5) is 4.48. The number of fused-ring (bicyclic) bond motifs is 1. The van der Waals surface area contributed by atoms with Gasteiger partial charge in [0.2, 0.25) is 0 Å². The van der Waals surface area contributed by atoms with E-state index >= 15 is 0 Å². The molecule has 2 aromatic carbocycles. The number of para-hydroxylation sites is 1. The molecule has 1 aliphatic carbocycles. The predicted octanol–water partition coefficient (Wildman–Crippen LogP) is 3.00. The molecule has 1 aliphatic heterocycles. The lowest BCUT2D eigenvalue weighted by Crippen LogP contribution is -2.59. The molecule has 0 aromatic heterocycles. The zero-order chi connectivity index (χ0) is 17.6. The number of benzene rings is 2. The van der Waals surface area contributed by atoms with Gasteiger partial charge in [0.05, 0.1) is 16.2 Å². The summed E-state index contributed by atoms with van der Waals surface area (Å²) in [5.74, 6) is 0. The van der Waals surface area contributed by atoms with E-state index in [2.05, 4.69) is 9.80 Å². The molecule has 4 rings (SSSR count). The maximum atomic E-state index is 10.9. The lowest BCUT2D eigenvalue weighted by molar-refractivity contribution is -0.0848. The van der Waals surface area contributed by atoms with Crippen molar-refractivity contribution in [3.63, 3.8) is 0 Å². The second-order valence-corrected chi connectivity index (χ2v) is 7.49. The van der Waals surface area contributed by atoms with Crippen LogP contribution in [0.5, 0.6) is 0 Å². The van der Waals surface area contributed by atoms with Gasteiger partial charge in [-0.15, -0.1) is 0 Å². The van der Waals surface area contributed by atoms with Gasteiger partial charge in [0, 0.05) is 26.2 Å². The molecule has 1 fully saturated rings. The van der Waals surface area contributed by atoms with Crippen molar-refractivity contribution in [3.8, 4) is 0 Å². The highest BCUT2D eigenvalue weighted by atomic mass is 35.5. The van der Waals surface area contributed by atoms with Gasteiger partial charge in [0.15, 0.2) is 0 Å².